The number of aromatic nitrogens is 2. The zero-order valence-electron chi connectivity index (χ0n) is 13.8. The van der Waals surface area contributed by atoms with Gasteiger partial charge in [0, 0.05) is 32.6 Å². The summed E-state index contributed by atoms with van der Waals surface area (Å²) in [7, 11) is 1.66. The van der Waals surface area contributed by atoms with Crippen LogP contribution in [-0.4, -0.2) is 41.6 Å². The highest BCUT2D eigenvalue weighted by atomic mass is 16.5. The maximum atomic E-state index is 12.3. The van der Waals surface area contributed by atoms with E-state index in [2.05, 4.69) is 4.98 Å². The largest absolute Gasteiger partial charge is 0.378 e. The van der Waals surface area contributed by atoms with Crippen LogP contribution >= 0.6 is 0 Å². The van der Waals surface area contributed by atoms with E-state index < -0.39 is 0 Å². The Morgan fingerprint density at radius 1 is 1.17 bits per heavy atom. The van der Waals surface area contributed by atoms with Crippen LogP contribution in [0.3, 0.4) is 0 Å². The van der Waals surface area contributed by atoms with Gasteiger partial charge in [-0.3, -0.25) is 14.2 Å². The molecule has 1 aromatic heterocycles. The van der Waals surface area contributed by atoms with Crippen LogP contribution in [0.15, 0.2) is 41.2 Å². The number of ketones is 1. The third-order valence-corrected chi connectivity index (χ3v) is 4.15. The van der Waals surface area contributed by atoms with Crippen LogP contribution in [0.4, 0.5) is 5.82 Å². The number of benzene rings is 1. The normalized spacial score (nSPS) is 14.6. The van der Waals surface area contributed by atoms with Crippen LogP contribution in [0.25, 0.3) is 0 Å². The van der Waals surface area contributed by atoms with E-state index in [9.17, 15) is 9.59 Å². The monoisotopic (exact) mass is 327 g/mol. The Labute approximate surface area is 140 Å². The molecule has 0 bridgehead atoms. The molecule has 0 unspecified atom stereocenters. The number of carbonyl (C=O) groups excluding carboxylic acids is 1. The van der Waals surface area contributed by atoms with Gasteiger partial charge in [-0.1, -0.05) is 30.3 Å². The molecule has 6 heteroatoms. The predicted molar refractivity (Wildman–Crippen MR) is 91.4 cm³/mol. The number of hydrogen-bond donors (Lipinski definition) is 0. The van der Waals surface area contributed by atoms with E-state index in [1.54, 1.807) is 7.05 Å². The summed E-state index contributed by atoms with van der Waals surface area (Å²) < 4.78 is 6.78. The van der Waals surface area contributed by atoms with E-state index in [1.165, 1.54) is 10.6 Å². The number of anilines is 1. The van der Waals surface area contributed by atoms with Crippen molar-refractivity contribution in [1.82, 2.24) is 9.55 Å². The highest BCUT2D eigenvalue weighted by molar-refractivity contribution is 5.82. The van der Waals surface area contributed by atoms with Crippen molar-refractivity contribution in [3.63, 3.8) is 0 Å². The Morgan fingerprint density at radius 2 is 1.88 bits per heavy atom. The molecular formula is C18H21N3O3. The van der Waals surface area contributed by atoms with Gasteiger partial charge in [-0.2, -0.15) is 0 Å². The summed E-state index contributed by atoms with van der Waals surface area (Å²) in [6.45, 7) is 2.66. The second-order valence-corrected chi connectivity index (χ2v) is 5.91. The first-order valence-electron chi connectivity index (χ1n) is 8.09. The Balaban J connectivity index is 1.77. The fourth-order valence-corrected chi connectivity index (χ4v) is 2.75. The minimum Gasteiger partial charge on any atom is -0.378 e. The molecule has 2 heterocycles. The van der Waals surface area contributed by atoms with Crippen LogP contribution in [0.2, 0.25) is 0 Å². The van der Waals surface area contributed by atoms with Crippen molar-refractivity contribution < 1.29 is 9.53 Å². The van der Waals surface area contributed by atoms with Crippen LogP contribution in [0.1, 0.15) is 11.4 Å². The number of carbonyl (C=O) groups is 1. The zero-order chi connectivity index (χ0) is 16.9. The van der Waals surface area contributed by atoms with Gasteiger partial charge < -0.3 is 9.64 Å². The molecule has 1 saturated heterocycles. The maximum absolute atomic E-state index is 12.3. The summed E-state index contributed by atoms with van der Waals surface area (Å²) in [6.07, 6.45) is 0.497. The third kappa shape index (κ3) is 3.89. The molecule has 3 rings (SSSR count). The lowest BCUT2D eigenvalue weighted by molar-refractivity contribution is -0.117. The highest BCUT2D eigenvalue weighted by Crippen LogP contribution is 2.12. The van der Waals surface area contributed by atoms with E-state index in [0.717, 1.165) is 5.56 Å². The van der Waals surface area contributed by atoms with Crippen LogP contribution in [0, 0.1) is 0 Å². The molecule has 1 aliphatic rings. The van der Waals surface area contributed by atoms with E-state index in [-0.39, 0.29) is 17.8 Å². The van der Waals surface area contributed by atoms with Crippen molar-refractivity contribution in [3.8, 4) is 0 Å². The molecule has 1 aromatic carbocycles. The summed E-state index contributed by atoms with van der Waals surface area (Å²) in [5.74, 6) is 1.18. The predicted octanol–water partition coefficient (Wildman–Crippen LogP) is 0.971. The van der Waals surface area contributed by atoms with Gasteiger partial charge in [0.15, 0.2) is 0 Å². The quantitative estimate of drug-likeness (QED) is 0.819. The topological polar surface area (TPSA) is 64.4 Å². The molecule has 126 valence electrons. The maximum Gasteiger partial charge on any atom is 0.255 e. The van der Waals surface area contributed by atoms with Gasteiger partial charge in [0.2, 0.25) is 0 Å². The van der Waals surface area contributed by atoms with E-state index in [0.29, 0.717) is 44.4 Å². The summed E-state index contributed by atoms with van der Waals surface area (Å²) in [6, 6.07) is 11.1. The molecule has 0 amide bonds. The summed E-state index contributed by atoms with van der Waals surface area (Å²) in [4.78, 5) is 31.1. The molecule has 0 N–H and O–H groups in total. The Morgan fingerprint density at radius 3 is 2.58 bits per heavy atom. The standard InChI is InChI=1S/C18H21N3O3/c1-20-16(12-15(22)11-14-5-3-2-4-6-14)19-17(13-18(20)23)21-7-9-24-10-8-21/h2-6,13H,7-12H2,1H3. The van der Waals surface area contributed by atoms with E-state index >= 15 is 0 Å². The molecular weight excluding hydrogens is 306 g/mol. The Bertz CT molecular complexity index is 765. The average Bonchev–Trinajstić information content (AvgIpc) is 2.60. The first kappa shape index (κ1) is 16.4. The van der Waals surface area contributed by atoms with Gasteiger partial charge in [-0.25, -0.2) is 4.98 Å². The summed E-state index contributed by atoms with van der Waals surface area (Å²) in [5.41, 5.74) is 0.825. The average molecular weight is 327 g/mol. The fourth-order valence-electron chi connectivity index (χ4n) is 2.75. The molecule has 0 aliphatic carbocycles. The van der Waals surface area contributed by atoms with Crippen molar-refractivity contribution in [1.29, 1.82) is 0 Å². The van der Waals surface area contributed by atoms with Crippen molar-refractivity contribution in [2.24, 2.45) is 7.05 Å². The third-order valence-electron chi connectivity index (χ3n) is 4.15. The molecule has 1 fully saturated rings. The number of ether oxygens (including phenoxy) is 1. The van der Waals surface area contributed by atoms with E-state index in [4.69, 9.17) is 4.74 Å². The van der Waals surface area contributed by atoms with Crippen molar-refractivity contribution in [2.75, 3.05) is 31.2 Å². The zero-order valence-corrected chi connectivity index (χ0v) is 13.8. The molecule has 0 spiro atoms. The van der Waals surface area contributed by atoms with Gasteiger partial charge >= 0.3 is 0 Å². The number of morpholine rings is 1. The second kappa shape index (κ2) is 7.40. The van der Waals surface area contributed by atoms with Gasteiger partial charge in [-0.05, 0) is 5.56 Å². The molecule has 6 nitrogen and oxygen atoms in total. The molecule has 2 aromatic rings. The number of nitrogens with zero attached hydrogens (tertiary/aromatic N) is 3. The Kier molecular flexibility index (Phi) is 5.05. The number of rotatable bonds is 5. The van der Waals surface area contributed by atoms with Crippen LogP contribution in [-0.2, 0) is 29.4 Å². The van der Waals surface area contributed by atoms with E-state index in [1.807, 2.05) is 35.2 Å². The molecule has 24 heavy (non-hydrogen) atoms. The van der Waals surface area contributed by atoms with Crippen molar-refractivity contribution in [3.05, 3.63) is 58.1 Å². The lowest BCUT2D eigenvalue weighted by Gasteiger charge is -2.28. The van der Waals surface area contributed by atoms with Crippen molar-refractivity contribution in [2.45, 2.75) is 12.8 Å². The summed E-state index contributed by atoms with van der Waals surface area (Å²) in [5, 5.41) is 0. The first-order chi connectivity index (χ1) is 11.6. The first-order valence-corrected chi connectivity index (χ1v) is 8.09. The number of Topliss-reactive ketones (excluding diaryl/α,β-unsaturated/α-hetero) is 1. The minimum atomic E-state index is -0.144. The van der Waals surface area contributed by atoms with Gasteiger partial charge in [0.1, 0.15) is 17.4 Å². The molecule has 1 aliphatic heterocycles. The molecule has 0 saturated carbocycles. The summed E-state index contributed by atoms with van der Waals surface area (Å²) >= 11 is 0. The smallest absolute Gasteiger partial charge is 0.255 e. The SMILES string of the molecule is Cn1c(CC(=O)Cc2ccccc2)nc(N2CCOCC2)cc1=O. The second-order valence-electron chi connectivity index (χ2n) is 5.91. The molecule has 0 radical (unpaired) electrons. The molecule has 0 atom stereocenters. The Hall–Kier alpha value is -2.47. The minimum absolute atomic E-state index is 0.0443. The van der Waals surface area contributed by atoms with Gasteiger partial charge in [0.25, 0.3) is 5.56 Å². The number of hydrogen-bond acceptors (Lipinski definition) is 5. The van der Waals surface area contributed by atoms with Crippen molar-refractivity contribution >= 4 is 11.6 Å². The van der Waals surface area contributed by atoms with Crippen LogP contribution in [0.5, 0.6) is 0 Å². The lowest BCUT2D eigenvalue weighted by atomic mass is 10.1. The highest BCUT2D eigenvalue weighted by Gasteiger charge is 2.17. The lowest BCUT2D eigenvalue weighted by Crippen LogP contribution is -2.38. The van der Waals surface area contributed by atoms with Gasteiger partial charge in [0.05, 0.1) is 19.6 Å². The van der Waals surface area contributed by atoms with Gasteiger partial charge in [-0.15, -0.1) is 0 Å². The van der Waals surface area contributed by atoms with Crippen LogP contribution < -0.4 is 10.5 Å². The fraction of sp³-hybridized carbons (Fsp3) is 0.389.